The summed E-state index contributed by atoms with van der Waals surface area (Å²) in [5.74, 6) is -7.36. The Kier molecular flexibility index (Phi) is 47.3. The molecule has 104 heavy (non-hydrogen) atoms. The molecule has 4 heterocycles. The fourth-order valence-corrected chi connectivity index (χ4v) is 14.2. The van der Waals surface area contributed by atoms with Gasteiger partial charge in [-0.1, -0.05) is 231 Å². The van der Waals surface area contributed by atoms with Gasteiger partial charge in [0, 0.05) is 26.7 Å². The van der Waals surface area contributed by atoms with E-state index in [2.05, 4.69) is 29.8 Å². The van der Waals surface area contributed by atoms with Gasteiger partial charge in [0.2, 0.25) is 17.7 Å². The number of hydrogen-bond donors (Lipinski definition) is 17. The number of rotatable bonds is 57. The number of allylic oxidation sites excluding steroid dienone is 1. The predicted octanol–water partition coefficient (Wildman–Crippen LogP) is 4.25. The quantitative estimate of drug-likeness (QED) is 0.0299. The maximum Gasteiger partial charge on any atom is 0.364 e. The van der Waals surface area contributed by atoms with Crippen molar-refractivity contribution in [3.8, 4) is 0 Å². The second-order valence-corrected chi connectivity index (χ2v) is 29.3. The van der Waals surface area contributed by atoms with Crippen LogP contribution in [0.2, 0.25) is 0 Å². The first kappa shape index (κ1) is 93.2. The number of hydrogen-bond acceptors (Lipinski definition) is 25. The Labute approximate surface area is 616 Å². The number of carbonyl (C=O) groups excluding carboxylic acids is 3. The smallest absolute Gasteiger partial charge is 0.364 e. The Morgan fingerprint density at radius 1 is 0.500 bits per heavy atom. The van der Waals surface area contributed by atoms with E-state index in [1.807, 2.05) is 6.08 Å². The van der Waals surface area contributed by atoms with Crippen LogP contribution >= 0.6 is 0 Å². The SMILES string of the molecule is CCCCCCCCCCCCC/C=C/[C@@H](O)[C@H](CO[C@@H]1OC(CO)[C@@H](O[C@@H]2OC(CO)[C@H](O[C@@H]3OC(CO)[C@H](O)[C@H](O)C3NC(C)=O)[C@H](O[C@]3(C(=O)O)CC(O)[C@@H](NC(C)=O)C([C@H](O)[C@H](O)CO)O3)C2O)[C@H](O)C1O)NC(=O)CCCCCCCCCCCCCCCCCCCCCCCCC. The van der Waals surface area contributed by atoms with E-state index in [9.17, 15) is 90.7 Å². The van der Waals surface area contributed by atoms with Crippen molar-refractivity contribution < 1.29 is 129 Å². The molecule has 0 spiro atoms. The van der Waals surface area contributed by atoms with E-state index in [-0.39, 0.29) is 12.3 Å². The van der Waals surface area contributed by atoms with Crippen LogP contribution < -0.4 is 16.0 Å². The lowest BCUT2D eigenvalue weighted by molar-refractivity contribution is -0.401. The molecule has 3 amide bonds. The van der Waals surface area contributed by atoms with E-state index < -0.39 is 198 Å². The third kappa shape index (κ3) is 32.4. The summed E-state index contributed by atoms with van der Waals surface area (Å²) in [4.78, 5) is 52.1. The Hall–Kier alpha value is -3.22. The second kappa shape index (κ2) is 52.8. The Morgan fingerprint density at radius 3 is 1.39 bits per heavy atom. The van der Waals surface area contributed by atoms with Gasteiger partial charge in [0.15, 0.2) is 18.9 Å². The van der Waals surface area contributed by atoms with Crippen LogP contribution in [-0.2, 0) is 57.1 Å². The zero-order valence-electron chi connectivity index (χ0n) is 62.7. The van der Waals surface area contributed by atoms with Crippen LogP contribution in [-0.4, -0.2) is 269 Å². The summed E-state index contributed by atoms with van der Waals surface area (Å²) in [7, 11) is 0. The minimum atomic E-state index is -3.28. The third-order valence-electron chi connectivity index (χ3n) is 20.5. The van der Waals surface area contributed by atoms with Gasteiger partial charge < -0.3 is 125 Å². The summed E-state index contributed by atoms with van der Waals surface area (Å²) in [5, 5.41) is 163. The predicted molar refractivity (Wildman–Crippen MR) is 383 cm³/mol. The van der Waals surface area contributed by atoms with Crippen molar-refractivity contribution in [1.29, 1.82) is 0 Å². The maximum absolute atomic E-state index is 13.6. The molecule has 4 saturated heterocycles. The normalized spacial score (nSPS) is 30.8. The minimum absolute atomic E-state index is 0.163. The second-order valence-electron chi connectivity index (χ2n) is 29.3. The van der Waals surface area contributed by atoms with Crippen molar-refractivity contribution in [2.75, 3.05) is 33.0 Å². The molecule has 8 unspecified atom stereocenters. The summed E-state index contributed by atoms with van der Waals surface area (Å²) in [6.45, 7) is 1.77. The first-order valence-corrected chi connectivity index (χ1v) is 39.6. The van der Waals surface area contributed by atoms with Gasteiger partial charge in [-0.15, -0.1) is 0 Å². The van der Waals surface area contributed by atoms with Gasteiger partial charge in [0.25, 0.3) is 5.79 Å². The lowest BCUT2D eigenvalue weighted by Gasteiger charge is -2.52. The highest BCUT2D eigenvalue weighted by atomic mass is 16.8. The van der Waals surface area contributed by atoms with Gasteiger partial charge in [0.1, 0.15) is 91.5 Å². The standard InChI is InChI=1S/C75H137N3O26/c1-5-7-9-11-13-15-17-19-20-21-22-23-24-25-26-27-28-30-32-34-36-38-40-42-58(88)78-51(52(85)41-39-37-35-33-31-29-18-16-14-12-10-8-6-2)48-97-72-65(93)64(92)67(56(46-81)99-72)101-73-66(94)70(68(57(47-82)100-73)102-71-60(77-50(4)84)63(91)62(90)55(45-80)98-71)104-75(74(95)96)43-53(86)59(76-49(3)83)69(103-75)61(89)54(87)44-79/h39,41,51-57,59-73,79-82,85-87,89-94H,5-38,40,42-48H2,1-4H3,(H,76,83)(H,77,84)(H,78,88)(H,95,96)/b41-39+/t51-,52+,53?,54+,55?,56?,57?,59+,60?,61+,62-,63+,64+,65?,66?,67+,68-,69?,70+,71-,72+,73-,75-/m0/s1. The highest BCUT2D eigenvalue weighted by Crippen LogP contribution is 2.40. The molecule has 0 radical (unpaired) electrons. The lowest BCUT2D eigenvalue weighted by atomic mass is 9.88. The number of aliphatic hydroxyl groups excluding tert-OH is 13. The maximum atomic E-state index is 13.6. The molecule has 0 aromatic heterocycles. The number of carboxylic acids is 1. The Morgan fingerprint density at radius 2 is 0.933 bits per heavy atom. The molecule has 4 aliphatic heterocycles. The van der Waals surface area contributed by atoms with Gasteiger partial charge in [-0.05, 0) is 19.3 Å². The van der Waals surface area contributed by atoms with E-state index in [4.69, 9.17) is 37.9 Å². The van der Waals surface area contributed by atoms with Crippen molar-refractivity contribution in [3.63, 3.8) is 0 Å². The molecule has 17 N–H and O–H groups in total. The zero-order chi connectivity index (χ0) is 76.4. The monoisotopic (exact) mass is 1500 g/mol. The molecular weight excluding hydrogens is 1360 g/mol. The summed E-state index contributed by atoms with van der Waals surface area (Å²) in [6.07, 6.45) is 6.59. The van der Waals surface area contributed by atoms with Crippen molar-refractivity contribution >= 4 is 23.7 Å². The first-order chi connectivity index (χ1) is 50.0. The van der Waals surface area contributed by atoms with Crippen molar-refractivity contribution in [2.24, 2.45) is 0 Å². The number of carboxylic acid groups (broad SMARTS) is 1. The van der Waals surface area contributed by atoms with Crippen LogP contribution in [0.3, 0.4) is 0 Å². The average Bonchev–Trinajstić information content (AvgIpc) is 0.749. The average molecular weight is 1500 g/mol. The minimum Gasteiger partial charge on any atom is -0.477 e. The third-order valence-corrected chi connectivity index (χ3v) is 20.5. The number of aliphatic carboxylic acids is 1. The molecule has 4 fully saturated rings. The fourth-order valence-electron chi connectivity index (χ4n) is 14.2. The summed E-state index contributed by atoms with van der Waals surface area (Å²) in [6, 6.07) is -4.52. The number of ether oxygens (including phenoxy) is 8. The summed E-state index contributed by atoms with van der Waals surface area (Å²) < 4.78 is 48.0. The van der Waals surface area contributed by atoms with E-state index >= 15 is 0 Å². The first-order valence-electron chi connectivity index (χ1n) is 39.6. The fraction of sp³-hybridized carbons (Fsp3) is 0.920. The molecule has 23 atom stereocenters. The number of nitrogens with one attached hydrogen (secondary N) is 3. The molecule has 0 bridgehead atoms. The topological polar surface area (TPSA) is 461 Å². The highest BCUT2D eigenvalue weighted by molar-refractivity contribution is 5.77. The molecule has 29 heteroatoms. The number of unbranched alkanes of at least 4 members (excludes halogenated alkanes) is 33. The summed E-state index contributed by atoms with van der Waals surface area (Å²) >= 11 is 0. The van der Waals surface area contributed by atoms with Gasteiger partial charge in [-0.2, -0.15) is 0 Å². The number of aliphatic hydroxyl groups is 13. The van der Waals surface area contributed by atoms with Gasteiger partial charge in [0.05, 0.1) is 57.3 Å². The molecular formula is C75H137N3O26. The summed E-state index contributed by atoms with van der Waals surface area (Å²) in [5.41, 5.74) is 0. The molecule has 4 rings (SSSR count). The van der Waals surface area contributed by atoms with Gasteiger partial charge in [-0.25, -0.2) is 4.79 Å². The van der Waals surface area contributed by atoms with Crippen molar-refractivity contribution in [1.82, 2.24) is 16.0 Å². The van der Waals surface area contributed by atoms with Crippen molar-refractivity contribution in [3.05, 3.63) is 12.2 Å². The zero-order valence-corrected chi connectivity index (χ0v) is 62.7. The van der Waals surface area contributed by atoms with Crippen LogP contribution in [0.15, 0.2) is 12.2 Å². The van der Waals surface area contributed by atoms with E-state index in [0.717, 1.165) is 65.2 Å². The molecule has 0 saturated carbocycles. The van der Waals surface area contributed by atoms with Crippen LogP contribution in [0.1, 0.15) is 265 Å². The number of amides is 3. The van der Waals surface area contributed by atoms with Crippen LogP contribution in [0.5, 0.6) is 0 Å². The van der Waals surface area contributed by atoms with E-state index in [1.54, 1.807) is 6.08 Å². The molecule has 29 nitrogen and oxygen atoms in total. The van der Waals surface area contributed by atoms with Gasteiger partial charge >= 0.3 is 5.97 Å². The molecule has 0 aliphatic carbocycles. The van der Waals surface area contributed by atoms with Crippen molar-refractivity contribution in [2.45, 2.75) is 406 Å². The molecule has 4 aliphatic rings. The molecule has 0 aromatic rings. The molecule has 0 aromatic carbocycles. The van der Waals surface area contributed by atoms with Gasteiger partial charge in [-0.3, -0.25) is 14.4 Å². The van der Waals surface area contributed by atoms with E-state index in [0.29, 0.717) is 12.8 Å². The lowest BCUT2D eigenvalue weighted by Crippen LogP contribution is -2.72. The number of carbonyl (C=O) groups is 4. The Bertz CT molecular complexity index is 2320. The Balaban J connectivity index is 1.45. The highest BCUT2D eigenvalue weighted by Gasteiger charge is 2.62. The van der Waals surface area contributed by atoms with Crippen LogP contribution in [0, 0.1) is 0 Å². The van der Waals surface area contributed by atoms with E-state index in [1.165, 1.54) is 161 Å². The largest absolute Gasteiger partial charge is 0.477 e. The van der Waals surface area contributed by atoms with Crippen LogP contribution in [0.4, 0.5) is 0 Å². The van der Waals surface area contributed by atoms with Crippen LogP contribution in [0.25, 0.3) is 0 Å². The molecule has 608 valence electrons.